The Labute approximate surface area is 165 Å². The molecule has 2 aliphatic rings. The number of carbonyl (C=O) groups excluding carboxylic acids is 1. The molecule has 8 nitrogen and oxygen atoms in total. The summed E-state index contributed by atoms with van der Waals surface area (Å²) < 4.78 is 7.20. The Bertz CT molecular complexity index is 822. The molecular formula is C20H28N6O2. The van der Waals surface area contributed by atoms with Gasteiger partial charge in [-0.2, -0.15) is 5.10 Å². The van der Waals surface area contributed by atoms with Crippen LogP contribution in [0.1, 0.15) is 31.5 Å². The number of carbonyl (C=O) groups is 1. The number of aromatic nitrogens is 3. The van der Waals surface area contributed by atoms with Crippen LogP contribution < -0.4 is 15.0 Å². The number of nitrogens with zero attached hydrogens (tertiary/aromatic N) is 5. The van der Waals surface area contributed by atoms with Gasteiger partial charge in [0.1, 0.15) is 11.6 Å². The third kappa shape index (κ3) is 3.90. The normalized spacial score (nSPS) is 18.1. The third-order valence-electron chi connectivity index (χ3n) is 5.69. The minimum Gasteiger partial charge on any atom is -0.495 e. The fourth-order valence-electron chi connectivity index (χ4n) is 3.75. The van der Waals surface area contributed by atoms with E-state index in [4.69, 9.17) is 4.74 Å². The number of urea groups is 1. The van der Waals surface area contributed by atoms with E-state index >= 15 is 0 Å². The van der Waals surface area contributed by atoms with Crippen molar-refractivity contribution in [3.63, 3.8) is 0 Å². The molecule has 1 aliphatic carbocycles. The molecule has 1 saturated heterocycles. The number of hydrogen-bond acceptors (Lipinski definition) is 5. The molecule has 1 saturated carbocycles. The van der Waals surface area contributed by atoms with Gasteiger partial charge in [0.05, 0.1) is 19.3 Å². The average Bonchev–Trinajstić information content (AvgIpc) is 3.51. The van der Waals surface area contributed by atoms with E-state index in [0.29, 0.717) is 24.9 Å². The molecule has 1 atom stereocenters. The Kier molecular flexibility index (Phi) is 5.11. The summed E-state index contributed by atoms with van der Waals surface area (Å²) in [5, 5.41) is 7.57. The van der Waals surface area contributed by atoms with Gasteiger partial charge in [0, 0.05) is 37.9 Å². The number of piperazine rings is 1. The lowest BCUT2D eigenvalue weighted by Crippen LogP contribution is -2.50. The lowest BCUT2D eigenvalue weighted by Gasteiger charge is -2.35. The van der Waals surface area contributed by atoms with Crippen molar-refractivity contribution >= 4 is 17.7 Å². The first kappa shape index (κ1) is 18.6. The Balaban J connectivity index is 1.32. The summed E-state index contributed by atoms with van der Waals surface area (Å²) in [5.74, 6) is 3.01. The maximum Gasteiger partial charge on any atom is 0.323 e. The van der Waals surface area contributed by atoms with Gasteiger partial charge in [-0.25, -0.2) is 9.78 Å². The molecule has 150 valence electrons. The van der Waals surface area contributed by atoms with Crippen LogP contribution in [0.5, 0.6) is 5.75 Å². The number of hydrogen-bond donors (Lipinski definition) is 1. The molecule has 2 fully saturated rings. The molecule has 0 bridgehead atoms. The van der Waals surface area contributed by atoms with Gasteiger partial charge >= 0.3 is 6.03 Å². The number of anilines is 2. The van der Waals surface area contributed by atoms with Crippen LogP contribution in [0.25, 0.3) is 0 Å². The monoisotopic (exact) mass is 384 g/mol. The van der Waals surface area contributed by atoms with Gasteiger partial charge in [-0.3, -0.25) is 10.00 Å². The molecule has 1 N–H and O–H groups in total. The van der Waals surface area contributed by atoms with Gasteiger partial charge < -0.3 is 14.5 Å². The first-order valence-electron chi connectivity index (χ1n) is 9.92. The van der Waals surface area contributed by atoms with Crippen LogP contribution in [-0.2, 0) is 0 Å². The third-order valence-corrected chi connectivity index (χ3v) is 5.69. The summed E-state index contributed by atoms with van der Waals surface area (Å²) in [7, 11) is 1.63. The Hall–Kier alpha value is -2.77. The smallest absolute Gasteiger partial charge is 0.323 e. The first-order valence-corrected chi connectivity index (χ1v) is 9.92. The maximum absolute atomic E-state index is 12.6. The highest BCUT2D eigenvalue weighted by Gasteiger charge is 2.31. The molecule has 0 unspecified atom stereocenters. The van der Waals surface area contributed by atoms with E-state index in [-0.39, 0.29) is 6.03 Å². The first-order chi connectivity index (χ1) is 13.5. The van der Waals surface area contributed by atoms with Crippen LogP contribution in [0, 0.1) is 12.8 Å². The number of methoxy groups -OCH3 is 1. The second-order valence-corrected chi connectivity index (χ2v) is 7.65. The molecule has 28 heavy (non-hydrogen) atoms. The van der Waals surface area contributed by atoms with Crippen LogP contribution in [0.15, 0.2) is 24.4 Å². The number of pyridine rings is 1. The SMILES string of the molecule is COc1ccc(N2CCN(C(=O)Nc3cc(C)n([C@@H](C)C4CC4)n3)CC2)nc1. The summed E-state index contributed by atoms with van der Waals surface area (Å²) in [4.78, 5) is 21.1. The van der Waals surface area contributed by atoms with E-state index in [1.54, 1.807) is 13.3 Å². The zero-order chi connectivity index (χ0) is 19.7. The summed E-state index contributed by atoms with van der Waals surface area (Å²) in [5.41, 5.74) is 1.09. The predicted molar refractivity (Wildman–Crippen MR) is 108 cm³/mol. The molecule has 3 heterocycles. The largest absolute Gasteiger partial charge is 0.495 e. The highest BCUT2D eigenvalue weighted by atomic mass is 16.5. The fraction of sp³-hybridized carbons (Fsp3) is 0.550. The Morgan fingerprint density at radius 1 is 1.25 bits per heavy atom. The van der Waals surface area contributed by atoms with Crippen molar-refractivity contribution in [2.45, 2.75) is 32.7 Å². The number of ether oxygens (including phenoxy) is 1. The van der Waals surface area contributed by atoms with Gasteiger partial charge in [-0.1, -0.05) is 0 Å². The van der Waals surface area contributed by atoms with Gasteiger partial charge in [0.2, 0.25) is 0 Å². The van der Waals surface area contributed by atoms with Gasteiger partial charge in [0.25, 0.3) is 0 Å². The molecule has 0 spiro atoms. The summed E-state index contributed by atoms with van der Waals surface area (Å²) >= 11 is 0. The van der Waals surface area contributed by atoms with Crippen molar-refractivity contribution in [3.05, 3.63) is 30.1 Å². The summed E-state index contributed by atoms with van der Waals surface area (Å²) in [6, 6.07) is 6.11. The molecule has 4 rings (SSSR count). The van der Waals surface area contributed by atoms with E-state index < -0.39 is 0 Å². The second-order valence-electron chi connectivity index (χ2n) is 7.65. The minimum absolute atomic E-state index is 0.0916. The quantitative estimate of drug-likeness (QED) is 0.858. The van der Waals surface area contributed by atoms with Gasteiger partial charge in [-0.15, -0.1) is 0 Å². The number of nitrogens with one attached hydrogen (secondary N) is 1. The lowest BCUT2D eigenvalue weighted by molar-refractivity contribution is 0.208. The predicted octanol–water partition coefficient (Wildman–Crippen LogP) is 2.92. The van der Waals surface area contributed by atoms with Crippen LogP contribution in [0.3, 0.4) is 0 Å². The van der Waals surface area contributed by atoms with Crippen molar-refractivity contribution in [1.82, 2.24) is 19.7 Å². The van der Waals surface area contributed by atoms with Crippen LogP contribution in [0.2, 0.25) is 0 Å². The zero-order valence-electron chi connectivity index (χ0n) is 16.8. The second kappa shape index (κ2) is 7.69. The van der Waals surface area contributed by atoms with Crippen molar-refractivity contribution < 1.29 is 9.53 Å². The maximum atomic E-state index is 12.6. The van der Waals surface area contributed by atoms with Gasteiger partial charge in [-0.05, 0) is 44.7 Å². The van der Waals surface area contributed by atoms with E-state index in [0.717, 1.165) is 36.3 Å². The Morgan fingerprint density at radius 3 is 2.61 bits per heavy atom. The molecule has 0 radical (unpaired) electrons. The average molecular weight is 384 g/mol. The molecule has 1 aliphatic heterocycles. The minimum atomic E-state index is -0.0916. The molecule has 2 amide bonds. The standard InChI is InChI=1S/C20H28N6O2/c1-14-12-18(23-26(14)15(2)16-4-5-16)22-20(27)25-10-8-24(9-11-25)19-7-6-17(28-3)13-21-19/h6-7,12-13,15-16H,4-5,8-11H2,1-3H3,(H,22,23,27)/t15-/m0/s1. The zero-order valence-corrected chi connectivity index (χ0v) is 16.8. The van der Waals surface area contributed by atoms with Crippen molar-refractivity contribution in [1.29, 1.82) is 0 Å². The van der Waals surface area contributed by atoms with Crippen LogP contribution >= 0.6 is 0 Å². The van der Waals surface area contributed by atoms with E-state index in [1.807, 2.05) is 34.7 Å². The molecule has 8 heteroatoms. The van der Waals surface area contributed by atoms with Crippen molar-refractivity contribution in [2.24, 2.45) is 5.92 Å². The molecule has 2 aromatic rings. The van der Waals surface area contributed by atoms with Crippen LogP contribution in [0.4, 0.5) is 16.4 Å². The topological polar surface area (TPSA) is 75.5 Å². The van der Waals surface area contributed by atoms with E-state index in [9.17, 15) is 4.79 Å². The molecule has 2 aromatic heterocycles. The Morgan fingerprint density at radius 2 is 2.00 bits per heavy atom. The lowest BCUT2D eigenvalue weighted by atomic mass is 10.2. The van der Waals surface area contributed by atoms with Crippen molar-refractivity contribution in [3.8, 4) is 5.75 Å². The number of aryl methyl sites for hydroxylation is 1. The van der Waals surface area contributed by atoms with E-state index in [1.165, 1.54) is 12.8 Å². The fourth-order valence-corrected chi connectivity index (χ4v) is 3.75. The van der Waals surface area contributed by atoms with Gasteiger partial charge in [0.15, 0.2) is 5.82 Å². The van der Waals surface area contributed by atoms with Crippen molar-refractivity contribution in [2.75, 3.05) is 43.5 Å². The summed E-state index contributed by atoms with van der Waals surface area (Å²) in [6.45, 7) is 7.05. The summed E-state index contributed by atoms with van der Waals surface area (Å²) in [6.07, 6.45) is 4.26. The van der Waals surface area contributed by atoms with E-state index in [2.05, 4.69) is 27.2 Å². The molecule has 0 aromatic carbocycles. The number of rotatable bonds is 5. The highest BCUT2D eigenvalue weighted by molar-refractivity contribution is 5.88. The van der Waals surface area contributed by atoms with Crippen LogP contribution in [-0.4, -0.2) is 59.0 Å². The highest BCUT2D eigenvalue weighted by Crippen LogP contribution is 2.39. The molecular weight excluding hydrogens is 356 g/mol. The number of amides is 2.